The maximum Gasteiger partial charge on any atom is 0.331 e. The third-order valence-corrected chi connectivity index (χ3v) is 11.9. The number of carbonyl (C=O) groups excluding carboxylic acids is 2. The summed E-state index contributed by atoms with van der Waals surface area (Å²) < 4.78 is 16.8. The first-order valence-electron chi connectivity index (χ1n) is 14.6. The fraction of sp³-hybridized carbons (Fsp3) is 0.862. The number of fused-ring (bicyclic) bond motifs is 5. The number of aldehydes is 1. The first-order chi connectivity index (χ1) is 18.8. The molecule has 5 fully saturated rings. The van der Waals surface area contributed by atoms with Crippen molar-refractivity contribution in [2.45, 2.75) is 119 Å². The lowest BCUT2D eigenvalue weighted by atomic mass is 9.41. The second kappa shape index (κ2) is 9.54. The van der Waals surface area contributed by atoms with E-state index in [0.717, 1.165) is 11.9 Å². The molecule has 0 aromatic rings. The molecule has 0 amide bonds. The van der Waals surface area contributed by atoms with Crippen molar-refractivity contribution in [1.82, 2.24) is 0 Å². The SMILES string of the molecule is C[C@H]1O[C@@H](O[C@@H]2CC[C@]3(C=O)[C@H]4[C@H](O)C[C@]5(C)[C@H](C6=CC(=O)OC6)CC[C@@]5(O)[C@H]4CC[C@@]3(O)C2)[C@H](O)[C@H](O)[C@H]1O. The quantitative estimate of drug-likeness (QED) is 0.149. The van der Waals surface area contributed by atoms with E-state index >= 15 is 0 Å². The normalized spacial score (nSPS) is 56.0. The van der Waals surface area contributed by atoms with E-state index in [4.69, 9.17) is 14.2 Å². The minimum atomic E-state index is -1.51. The average Bonchev–Trinajstić information content (AvgIpc) is 3.45. The maximum absolute atomic E-state index is 13.0. The summed E-state index contributed by atoms with van der Waals surface area (Å²) in [5.74, 6) is -1.61. The summed E-state index contributed by atoms with van der Waals surface area (Å²) in [6.45, 7) is 3.72. The van der Waals surface area contributed by atoms with Crippen molar-refractivity contribution in [2.24, 2.45) is 28.6 Å². The number of aliphatic hydroxyl groups is 6. The number of cyclic esters (lactones) is 1. The Labute approximate surface area is 233 Å². The minimum Gasteiger partial charge on any atom is -0.458 e. The van der Waals surface area contributed by atoms with E-state index in [-0.39, 0.29) is 38.2 Å². The summed E-state index contributed by atoms with van der Waals surface area (Å²) in [5, 5.41) is 66.7. The van der Waals surface area contributed by atoms with Gasteiger partial charge in [0.25, 0.3) is 0 Å². The molecule has 1 saturated heterocycles. The molecule has 0 bridgehead atoms. The first kappa shape index (κ1) is 28.7. The fourth-order valence-electron chi connectivity index (χ4n) is 9.82. The van der Waals surface area contributed by atoms with E-state index in [9.17, 15) is 40.2 Å². The van der Waals surface area contributed by atoms with Crippen LogP contribution in [0.15, 0.2) is 11.6 Å². The van der Waals surface area contributed by atoms with Crippen molar-refractivity contribution >= 4 is 12.3 Å². The average molecular weight is 567 g/mol. The Morgan fingerprint density at radius 1 is 1.00 bits per heavy atom. The van der Waals surface area contributed by atoms with Crippen LogP contribution < -0.4 is 0 Å². The molecule has 0 unspecified atom stereocenters. The van der Waals surface area contributed by atoms with Gasteiger partial charge in [0.1, 0.15) is 31.2 Å². The van der Waals surface area contributed by atoms with E-state index in [0.29, 0.717) is 25.7 Å². The van der Waals surface area contributed by atoms with Gasteiger partial charge in [0.2, 0.25) is 0 Å². The first-order valence-corrected chi connectivity index (χ1v) is 14.6. The molecular weight excluding hydrogens is 524 g/mol. The molecule has 0 aromatic carbocycles. The van der Waals surface area contributed by atoms with Gasteiger partial charge >= 0.3 is 5.97 Å². The highest BCUT2D eigenvalue weighted by Crippen LogP contribution is 2.70. The predicted molar refractivity (Wildman–Crippen MR) is 136 cm³/mol. The molecule has 4 aliphatic carbocycles. The molecule has 4 saturated carbocycles. The number of carbonyl (C=O) groups is 2. The molecule has 224 valence electrons. The van der Waals surface area contributed by atoms with Gasteiger partial charge in [-0.2, -0.15) is 0 Å². The van der Waals surface area contributed by atoms with Crippen molar-refractivity contribution in [1.29, 1.82) is 0 Å². The van der Waals surface area contributed by atoms with Gasteiger partial charge in [-0.25, -0.2) is 4.79 Å². The van der Waals surface area contributed by atoms with Crippen molar-refractivity contribution in [3.8, 4) is 0 Å². The topological polar surface area (TPSA) is 183 Å². The summed E-state index contributed by atoms with van der Waals surface area (Å²) in [6, 6.07) is 0. The molecule has 2 heterocycles. The second-order valence-electron chi connectivity index (χ2n) is 13.6. The molecule has 0 radical (unpaired) electrons. The van der Waals surface area contributed by atoms with Crippen molar-refractivity contribution in [3.63, 3.8) is 0 Å². The van der Waals surface area contributed by atoms with Crippen molar-refractivity contribution < 1.29 is 54.4 Å². The minimum absolute atomic E-state index is 0.0615. The third kappa shape index (κ3) is 3.78. The van der Waals surface area contributed by atoms with Crippen LogP contribution in [0, 0.1) is 28.6 Å². The molecular formula is C29H42O11. The lowest BCUT2D eigenvalue weighted by Gasteiger charge is -2.66. The van der Waals surface area contributed by atoms with Crippen molar-refractivity contribution in [3.05, 3.63) is 11.6 Å². The lowest BCUT2D eigenvalue weighted by Crippen LogP contribution is -2.72. The van der Waals surface area contributed by atoms with Gasteiger partial charge in [-0.1, -0.05) is 6.92 Å². The van der Waals surface area contributed by atoms with Crippen LogP contribution in [-0.2, 0) is 23.8 Å². The molecule has 11 heteroatoms. The van der Waals surface area contributed by atoms with Gasteiger partial charge in [-0.05, 0) is 69.3 Å². The van der Waals surface area contributed by atoms with Gasteiger partial charge in [0.15, 0.2) is 6.29 Å². The second-order valence-corrected chi connectivity index (χ2v) is 13.6. The number of hydrogen-bond acceptors (Lipinski definition) is 11. The van der Waals surface area contributed by atoms with Crippen LogP contribution in [0.5, 0.6) is 0 Å². The largest absolute Gasteiger partial charge is 0.458 e. The Balaban J connectivity index is 1.25. The van der Waals surface area contributed by atoms with E-state index in [1.807, 2.05) is 6.92 Å². The number of ether oxygens (including phenoxy) is 3. The lowest BCUT2D eigenvalue weighted by molar-refractivity contribution is -0.320. The Kier molecular flexibility index (Phi) is 6.83. The summed E-state index contributed by atoms with van der Waals surface area (Å²) in [5.41, 5.74) is -3.89. The molecule has 6 rings (SSSR count). The van der Waals surface area contributed by atoms with E-state index in [1.165, 1.54) is 6.08 Å². The van der Waals surface area contributed by atoms with E-state index in [2.05, 4.69) is 0 Å². The number of aliphatic hydroxyl groups excluding tert-OH is 4. The highest BCUT2D eigenvalue weighted by atomic mass is 16.7. The Morgan fingerprint density at radius 3 is 2.42 bits per heavy atom. The third-order valence-electron chi connectivity index (χ3n) is 11.9. The van der Waals surface area contributed by atoms with Crippen molar-refractivity contribution in [2.75, 3.05) is 6.61 Å². The van der Waals surface area contributed by atoms with Crippen LogP contribution in [0.4, 0.5) is 0 Å². The highest BCUT2D eigenvalue weighted by molar-refractivity contribution is 5.85. The van der Waals surface area contributed by atoms with Gasteiger partial charge < -0.3 is 49.6 Å². The molecule has 0 spiro atoms. The van der Waals surface area contributed by atoms with Crippen LogP contribution >= 0.6 is 0 Å². The molecule has 2 aliphatic heterocycles. The molecule has 14 atom stereocenters. The smallest absolute Gasteiger partial charge is 0.331 e. The van der Waals surface area contributed by atoms with Gasteiger partial charge in [0, 0.05) is 23.8 Å². The van der Waals surface area contributed by atoms with Gasteiger partial charge in [-0.15, -0.1) is 0 Å². The fourth-order valence-corrected chi connectivity index (χ4v) is 9.82. The van der Waals surface area contributed by atoms with Gasteiger partial charge in [-0.3, -0.25) is 0 Å². The standard InChI is InChI=1S/C29H42O11/c1-14-22(33)23(34)24(35)25(39-14)40-16-3-6-27(13-30)21-18(4-7-28(27,36)10-16)29(37)8-5-17(15-9-20(32)38-12-15)26(29,2)11-19(21)31/h9,13-14,16-19,21-25,31,33-37H,3-8,10-12H2,1-2H3/t14-,16-,17+,18+,19-,21-,22+,23-,24-,25+,26-,27+,28-,29-/m1/s1. The molecule has 11 nitrogen and oxygen atoms in total. The predicted octanol–water partition coefficient (Wildman–Crippen LogP) is -0.279. The van der Waals surface area contributed by atoms with Crippen LogP contribution in [0.3, 0.4) is 0 Å². The Bertz CT molecular complexity index is 1080. The zero-order chi connectivity index (χ0) is 28.8. The van der Waals surface area contributed by atoms with Crippen LogP contribution in [-0.4, -0.2) is 104 Å². The van der Waals surface area contributed by atoms with Crippen LogP contribution in [0.2, 0.25) is 0 Å². The molecule has 0 aromatic heterocycles. The summed E-state index contributed by atoms with van der Waals surface area (Å²) in [6.07, 6.45) is -2.87. The van der Waals surface area contributed by atoms with E-state index in [1.54, 1.807) is 6.92 Å². The van der Waals surface area contributed by atoms with Gasteiger partial charge in [0.05, 0.1) is 34.9 Å². The summed E-state index contributed by atoms with van der Waals surface area (Å²) >= 11 is 0. The number of esters is 1. The molecule has 6 aliphatic rings. The number of rotatable bonds is 4. The maximum atomic E-state index is 13.0. The molecule has 40 heavy (non-hydrogen) atoms. The van der Waals surface area contributed by atoms with E-state index < -0.39 is 82.8 Å². The summed E-state index contributed by atoms with van der Waals surface area (Å²) in [7, 11) is 0. The summed E-state index contributed by atoms with van der Waals surface area (Å²) in [4.78, 5) is 24.8. The van der Waals surface area contributed by atoms with Crippen LogP contribution in [0.1, 0.15) is 65.2 Å². The Hall–Kier alpha value is -1.44. The monoisotopic (exact) mass is 566 g/mol. The zero-order valence-electron chi connectivity index (χ0n) is 23.0. The Morgan fingerprint density at radius 2 is 1.75 bits per heavy atom. The zero-order valence-corrected chi connectivity index (χ0v) is 23.0. The number of hydrogen-bond donors (Lipinski definition) is 6. The highest BCUT2D eigenvalue weighted by Gasteiger charge is 2.73. The molecule has 6 N–H and O–H groups in total. The van der Waals surface area contributed by atoms with Crippen LogP contribution in [0.25, 0.3) is 0 Å².